The summed E-state index contributed by atoms with van der Waals surface area (Å²) in [5, 5.41) is 5.29. The van der Waals surface area contributed by atoms with Crippen molar-refractivity contribution in [1.29, 1.82) is 0 Å². The number of ether oxygens (including phenoxy) is 1. The van der Waals surface area contributed by atoms with Crippen LogP contribution >= 0.6 is 68.4 Å². The zero-order chi connectivity index (χ0) is 20.8. The lowest BCUT2D eigenvalue weighted by atomic mass is 10.2. The second kappa shape index (κ2) is 10.6. The first-order valence-corrected chi connectivity index (χ1v) is 11.3. The molecule has 0 unspecified atom stereocenters. The van der Waals surface area contributed by atoms with Crippen molar-refractivity contribution in [3.8, 4) is 5.75 Å². The Morgan fingerprint density at radius 2 is 1.69 bits per heavy atom. The minimum absolute atomic E-state index is 0.304. The van der Waals surface area contributed by atoms with E-state index >= 15 is 0 Å². The van der Waals surface area contributed by atoms with Gasteiger partial charge in [-0.3, -0.25) is 4.79 Å². The van der Waals surface area contributed by atoms with Gasteiger partial charge in [0.1, 0.15) is 12.4 Å². The summed E-state index contributed by atoms with van der Waals surface area (Å²) >= 11 is 16.4. The molecule has 4 nitrogen and oxygen atoms in total. The highest BCUT2D eigenvalue weighted by atomic mass is 127. The molecule has 3 rings (SSSR count). The Morgan fingerprint density at radius 1 is 1.03 bits per heavy atom. The van der Waals surface area contributed by atoms with Crippen LogP contribution in [0.25, 0.3) is 0 Å². The molecule has 29 heavy (non-hydrogen) atoms. The highest BCUT2D eigenvalue weighted by Gasteiger charge is 2.10. The lowest BCUT2D eigenvalue weighted by Gasteiger charge is -2.12. The van der Waals surface area contributed by atoms with E-state index in [1.165, 1.54) is 0 Å². The lowest BCUT2D eigenvalue weighted by molar-refractivity contribution is 0.0955. The van der Waals surface area contributed by atoms with Gasteiger partial charge in [0.05, 0.1) is 13.4 Å². The van der Waals surface area contributed by atoms with Gasteiger partial charge in [-0.15, -0.1) is 0 Å². The molecule has 0 heterocycles. The number of halogens is 4. The van der Waals surface area contributed by atoms with Gasteiger partial charge in [0.25, 0.3) is 5.91 Å². The van der Waals surface area contributed by atoms with E-state index in [-0.39, 0.29) is 5.91 Å². The van der Waals surface area contributed by atoms with Gasteiger partial charge in [-0.1, -0.05) is 41.4 Å². The van der Waals surface area contributed by atoms with Crippen LogP contribution in [-0.2, 0) is 6.61 Å². The molecule has 0 aliphatic heterocycles. The molecule has 148 valence electrons. The maximum atomic E-state index is 12.1. The summed E-state index contributed by atoms with van der Waals surface area (Å²) in [6.45, 7) is 0.385. The first kappa shape index (κ1) is 22.3. The smallest absolute Gasteiger partial charge is 0.271 e. The Morgan fingerprint density at radius 3 is 2.34 bits per heavy atom. The summed E-state index contributed by atoms with van der Waals surface area (Å²) in [7, 11) is 0. The van der Waals surface area contributed by atoms with Crippen molar-refractivity contribution in [2.75, 3.05) is 0 Å². The number of hydrazone groups is 1. The maximum Gasteiger partial charge on any atom is 0.271 e. The fraction of sp³-hybridized carbons (Fsp3) is 0.0476. The topological polar surface area (TPSA) is 50.7 Å². The number of nitrogens with one attached hydrogen (secondary N) is 1. The number of nitrogens with zero attached hydrogens (tertiary/aromatic N) is 1. The molecule has 0 bridgehead atoms. The second-order valence-electron chi connectivity index (χ2n) is 5.90. The number of carbonyl (C=O) groups excluding carboxylic acids is 1. The monoisotopic (exact) mass is 650 g/mol. The molecule has 8 heteroatoms. The predicted molar refractivity (Wildman–Crippen MR) is 134 cm³/mol. The summed E-state index contributed by atoms with van der Waals surface area (Å²) < 4.78 is 7.85. The van der Waals surface area contributed by atoms with E-state index in [2.05, 4.69) is 55.7 Å². The minimum atomic E-state index is -0.304. The van der Waals surface area contributed by atoms with E-state index in [4.69, 9.17) is 27.9 Å². The molecule has 0 spiro atoms. The van der Waals surface area contributed by atoms with E-state index in [0.717, 1.165) is 24.0 Å². The molecule has 0 aliphatic carbocycles. The van der Waals surface area contributed by atoms with Crippen molar-refractivity contribution in [3.63, 3.8) is 0 Å². The number of benzene rings is 3. The number of carbonyl (C=O) groups is 1. The first-order valence-electron chi connectivity index (χ1n) is 8.38. The van der Waals surface area contributed by atoms with Crippen molar-refractivity contribution < 1.29 is 9.53 Å². The quantitative estimate of drug-likeness (QED) is 0.187. The molecule has 0 fully saturated rings. The van der Waals surface area contributed by atoms with E-state index in [0.29, 0.717) is 22.2 Å². The molecule has 0 atom stereocenters. The lowest BCUT2D eigenvalue weighted by Crippen LogP contribution is -2.17. The van der Waals surface area contributed by atoms with Gasteiger partial charge in [-0.25, -0.2) is 5.43 Å². The Labute approximate surface area is 205 Å². The van der Waals surface area contributed by atoms with Gasteiger partial charge in [0.15, 0.2) is 0 Å². The third-order valence-electron chi connectivity index (χ3n) is 3.84. The van der Waals surface area contributed by atoms with Crippen molar-refractivity contribution in [2.45, 2.75) is 6.61 Å². The largest absolute Gasteiger partial charge is 0.487 e. The summed E-state index contributed by atoms with van der Waals surface area (Å²) in [5.41, 5.74) is 4.77. The van der Waals surface area contributed by atoms with Gasteiger partial charge in [0.2, 0.25) is 0 Å². The summed E-state index contributed by atoms with van der Waals surface area (Å²) in [4.78, 5) is 12.1. The van der Waals surface area contributed by atoms with Crippen molar-refractivity contribution in [3.05, 3.63) is 94.5 Å². The van der Waals surface area contributed by atoms with Crippen LogP contribution in [-0.4, -0.2) is 12.1 Å². The van der Waals surface area contributed by atoms with Crippen LogP contribution in [0.2, 0.25) is 10.0 Å². The predicted octanol–water partition coefficient (Wildman–Crippen LogP) is 6.55. The van der Waals surface area contributed by atoms with Gasteiger partial charge in [-0.05, 0) is 93.2 Å². The Kier molecular flexibility index (Phi) is 8.16. The molecule has 3 aromatic rings. The van der Waals surface area contributed by atoms with Crippen LogP contribution in [0.5, 0.6) is 5.75 Å². The van der Waals surface area contributed by atoms with E-state index < -0.39 is 0 Å². The van der Waals surface area contributed by atoms with Crippen LogP contribution in [0, 0.1) is 7.14 Å². The molecule has 0 aromatic heterocycles. The van der Waals surface area contributed by atoms with Crippen molar-refractivity contribution in [2.24, 2.45) is 5.10 Å². The summed E-state index contributed by atoms with van der Waals surface area (Å²) in [5.74, 6) is 0.482. The normalized spacial score (nSPS) is 10.9. The van der Waals surface area contributed by atoms with Crippen LogP contribution in [0.3, 0.4) is 0 Å². The number of hydrogen-bond donors (Lipinski definition) is 1. The Bertz CT molecular complexity index is 1030. The Hall–Kier alpha value is -1.36. The van der Waals surface area contributed by atoms with Gasteiger partial charge in [0, 0.05) is 21.2 Å². The highest BCUT2D eigenvalue weighted by molar-refractivity contribution is 14.1. The highest BCUT2D eigenvalue weighted by Crippen LogP contribution is 2.30. The molecule has 3 aromatic carbocycles. The molecular formula is C21H14Cl2I2N2O2. The minimum Gasteiger partial charge on any atom is -0.487 e. The second-order valence-corrected chi connectivity index (χ2v) is 9.07. The van der Waals surface area contributed by atoms with Crippen LogP contribution in [0.1, 0.15) is 21.5 Å². The maximum absolute atomic E-state index is 12.1. The van der Waals surface area contributed by atoms with Gasteiger partial charge < -0.3 is 4.74 Å². The first-order chi connectivity index (χ1) is 13.9. The summed E-state index contributed by atoms with van der Waals surface area (Å²) in [6.07, 6.45) is 1.59. The molecule has 0 radical (unpaired) electrons. The fourth-order valence-electron chi connectivity index (χ4n) is 2.39. The molecule has 0 saturated heterocycles. The van der Waals surface area contributed by atoms with Crippen LogP contribution in [0.4, 0.5) is 0 Å². The zero-order valence-corrected chi connectivity index (χ0v) is 20.7. The molecule has 1 amide bonds. The van der Waals surface area contributed by atoms with Crippen molar-refractivity contribution >= 4 is 80.5 Å². The van der Waals surface area contributed by atoms with E-state index in [9.17, 15) is 4.79 Å². The number of rotatable bonds is 6. The molecular weight excluding hydrogens is 637 g/mol. The third-order valence-corrected chi connectivity index (χ3v) is 6.06. The SMILES string of the molecule is O=C(N/N=C/c1cc(I)c(OCc2ccccc2Cl)c(I)c1)c1ccc(Cl)cc1. The molecule has 0 saturated carbocycles. The van der Waals surface area contributed by atoms with Crippen LogP contribution < -0.4 is 10.2 Å². The fourth-order valence-corrected chi connectivity index (χ4v) is 4.83. The zero-order valence-electron chi connectivity index (χ0n) is 14.8. The average molecular weight is 651 g/mol. The number of hydrogen-bond acceptors (Lipinski definition) is 3. The van der Waals surface area contributed by atoms with Crippen molar-refractivity contribution in [1.82, 2.24) is 5.43 Å². The van der Waals surface area contributed by atoms with Gasteiger partial charge in [-0.2, -0.15) is 5.10 Å². The average Bonchev–Trinajstić information content (AvgIpc) is 2.69. The molecule has 0 aliphatic rings. The molecule has 1 N–H and O–H groups in total. The van der Waals surface area contributed by atoms with E-state index in [1.807, 2.05) is 36.4 Å². The Balaban J connectivity index is 1.65. The van der Waals surface area contributed by atoms with E-state index in [1.54, 1.807) is 30.5 Å². The van der Waals surface area contributed by atoms with Crippen LogP contribution in [0.15, 0.2) is 65.8 Å². The number of amides is 1. The third kappa shape index (κ3) is 6.31. The standard InChI is InChI=1S/C21H14Cl2I2N2O2/c22-16-7-5-14(6-8-16)21(28)27-26-11-13-9-18(24)20(19(25)10-13)29-12-15-3-1-2-4-17(15)23/h1-11H,12H2,(H,27,28)/b26-11+. The van der Waals surface area contributed by atoms with Gasteiger partial charge >= 0.3 is 0 Å². The summed E-state index contributed by atoms with van der Waals surface area (Å²) in [6, 6.07) is 18.1.